The van der Waals surface area contributed by atoms with Gasteiger partial charge in [-0.3, -0.25) is 10.1 Å². The first-order chi connectivity index (χ1) is 8.62. The number of carbonyl (C=O) groups excluding carboxylic acids is 2. The molecule has 0 atom stereocenters. The summed E-state index contributed by atoms with van der Waals surface area (Å²) in [5.41, 5.74) is 0.0525. The Labute approximate surface area is 106 Å². The lowest BCUT2D eigenvalue weighted by atomic mass is 10.0. The van der Waals surface area contributed by atoms with Gasteiger partial charge in [-0.2, -0.15) is 4.98 Å². The summed E-state index contributed by atoms with van der Waals surface area (Å²) >= 11 is 0. The van der Waals surface area contributed by atoms with Crippen molar-refractivity contribution in [1.82, 2.24) is 4.98 Å². The quantitative estimate of drug-likeness (QED) is 0.787. The molecule has 1 N–H and O–H groups in total. The molecule has 1 heterocycles. The first kappa shape index (κ1) is 14.2. The van der Waals surface area contributed by atoms with Crippen molar-refractivity contribution in [2.75, 3.05) is 11.9 Å². The Hall–Kier alpha value is -1.85. The van der Waals surface area contributed by atoms with Gasteiger partial charge in [0.25, 0.3) is 0 Å². The van der Waals surface area contributed by atoms with E-state index in [9.17, 15) is 9.59 Å². The number of hydrogen-bond acceptors (Lipinski definition) is 5. The molecule has 1 rings (SSSR count). The molecule has 0 aromatic carbocycles. The SMILES string of the molecule is CCOC(=O)c1coc(NC(=O)C(CC)CC)n1. The van der Waals surface area contributed by atoms with Crippen LogP contribution in [-0.2, 0) is 9.53 Å². The molecule has 1 amide bonds. The molecular weight excluding hydrogens is 236 g/mol. The molecule has 0 aliphatic carbocycles. The maximum Gasteiger partial charge on any atom is 0.360 e. The van der Waals surface area contributed by atoms with Gasteiger partial charge in [0, 0.05) is 5.92 Å². The number of oxazole rings is 1. The molecule has 0 aliphatic rings. The van der Waals surface area contributed by atoms with Crippen LogP contribution in [0.2, 0.25) is 0 Å². The summed E-state index contributed by atoms with van der Waals surface area (Å²) in [6, 6.07) is 0.0231. The van der Waals surface area contributed by atoms with Gasteiger partial charge in [0.2, 0.25) is 5.91 Å². The fourth-order valence-electron chi connectivity index (χ4n) is 1.50. The van der Waals surface area contributed by atoms with Crippen LogP contribution in [0.5, 0.6) is 0 Å². The number of ether oxygens (including phenoxy) is 1. The number of rotatable bonds is 6. The van der Waals surface area contributed by atoms with Gasteiger partial charge in [-0.15, -0.1) is 0 Å². The summed E-state index contributed by atoms with van der Waals surface area (Å²) < 4.78 is 9.76. The van der Waals surface area contributed by atoms with Gasteiger partial charge in [0.15, 0.2) is 5.69 Å². The zero-order valence-electron chi connectivity index (χ0n) is 10.9. The standard InChI is InChI=1S/C12H18N2O4/c1-4-8(5-2)10(15)14-12-13-9(7-18-12)11(16)17-6-3/h7-8H,4-6H2,1-3H3,(H,13,14,15). The summed E-state index contributed by atoms with van der Waals surface area (Å²) in [4.78, 5) is 26.9. The van der Waals surface area contributed by atoms with Crippen molar-refractivity contribution in [3.8, 4) is 0 Å². The van der Waals surface area contributed by atoms with Gasteiger partial charge >= 0.3 is 12.0 Å². The predicted octanol–water partition coefficient (Wildman–Crippen LogP) is 2.23. The van der Waals surface area contributed by atoms with Crippen LogP contribution in [0.1, 0.15) is 44.1 Å². The smallest absolute Gasteiger partial charge is 0.360 e. The minimum absolute atomic E-state index is 0.0231. The summed E-state index contributed by atoms with van der Waals surface area (Å²) in [5, 5.41) is 2.54. The minimum atomic E-state index is -0.565. The number of aromatic nitrogens is 1. The molecule has 0 saturated carbocycles. The second-order valence-corrected chi connectivity index (χ2v) is 3.76. The van der Waals surface area contributed by atoms with Gasteiger partial charge in [-0.25, -0.2) is 4.79 Å². The van der Waals surface area contributed by atoms with Gasteiger partial charge in [0.1, 0.15) is 6.26 Å². The molecule has 0 spiro atoms. The number of amides is 1. The van der Waals surface area contributed by atoms with E-state index in [1.165, 1.54) is 6.26 Å². The van der Waals surface area contributed by atoms with Gasteiger partial charge in [0.05, 0.1) is 6.61 Å². The predicted molar refractivity (Wildman–Crippen MR) is 65.2 cm³/mol. The van der Waals surface area contributed by atoms with Crippen molar-refractivity contribution in [3.63, 3.8) is 0 Å². The van der Waals surface area contributed by atoms with E-state index in [1.807, 2.05) is 13.8 Å². The van der Waals surface area contributed by atoms with Crippen LogP contribution < -0.4 is 5.32 Å². The monoisotopic (exact) mass is 254 g/mol. The Balaban J connectivity index is 2.64. The van der Waals surface area contributed by atoms with Crippen molar-refractivity contribution in [3.05, 3.63) is 12.0 Å². The maximum absolute atomic E-state index is 11.8. The number of nitrogens with zero attached hydrogens (tertiary/aromatic N) is 1. The Morgan fingerprint density at radius 3 is 2.61 bits per heavy atom. The van der Waals surface area contributed by atoms with Crippen LogP contribution in [-0.4, -0.2) is 23.5 Å². The highest BCUT2D eigenvalue weighted by atomic mass is 16.5. The van der Waals surface area contributed by atoms with Crippen LogP contribution >= 0.6 is 0 Å². The number of hydrogen-bond donors (Lipinski definition) is 1. The number of esters is 1. The summed E-state index contributed by atoms with van der Waals surface area (Å²) in [6.07, 6.45) is 2.65. The fourth-order valence-corrected chi connectivity index (χ4v) is 1.50. The van der Waals surface area contributed by atoms with Crippen LogP contribution in [0, 0.1) is 5.92 Å². The summed E-state index contributed by atoms with van der Waals surface area (Å²) in [5.74, 6) is -0.801. The molecule has 0 unspecified atom stereocenters. The second-order valence-electron chi connectivity index (χ2n) is 3.76. The highest BCUT2D eigenvalue weighted by Gasteiger charge is 2.18. The van der Waals surface area contributed by atoms with E-state index in [2.05, 4.69) is 10.3 Å². The molecule has 0 radical (unpaired) electrons. The maximum atomic E-state index is 11.8. The van der Waals surface area contributed by atoms with Crippen LogP contribution in [0.3, 0.4) is 0 Å². The minimum Gasteiger partial charge on any atom is -0.461 e. The molecule has 18 heavy (non-hydrogen) atoms. The van der Waals surface area contributed by atoms with E-state index >= 15 is 0 Å². The van der Waals surface area contributed by atoms with Crippen LogP contribution in [0.4, 0.5) is 6.01 Å². The topological polar surface area (TPSA) is 81.4 Å². The third-order valence-corrected chi connectivity index (χ3v) is 2.58. The van der Waals surface area contributed by atoms with E-state index in [-0.39, 0.29) is 30.1 Å². The molecule has 0 saturated heterocycles. The lowest BCUT2D eigenvalue weighted by Gasteiger charge is -2.09. The molecule has 0 bridgehead atoms. The lowest BCUT2D eigenvalue weighted by molar-refractivity contribution is -0.120. The summed E-state index contributed by atoms with van der Waals surface area (Å²) in [7, 11) is 0. The van der Waals surface area contributed by atoms with Crippen molar-refractivity contribution >= 4 is 17.9 Å². The molecule has 1 aromatic heterocycles. The third-order valence-electron chi connectivity index (χ3n) is 2.58. The fraction of sp³-hybridized carbons (Fsp3) is 0.583. The Bertz CT molecular complexity index is 410. The molecular formula is C12H18N2O4. The van der Waals surface area contributed by atoms with Crippen LogP contribution in [0.15, 0.2) is 10.7 Å². The largest absolute Gasteiger partial charge is 0.461 e. The van der Waals surface area contributed by atoms with Crippen molar-refractivity contribution < 1.29 is 18.7 Å². The van der Waals surface area contributed by atoms with Gasteiger partial charge in [-0.05, 0) is 19.8 Å². The number of nitrogens with one attached hydrogen (secondary N) is 1. The van der Waals surface area contributed by atoms with E-state index in [0.717, 1.165) is 12.8 Å². The first-order valence-electron chi connectivity index (χ1n) is 6.05. The highest BCUT2D eigenvalue weighted by Crippen LogP contribution is 2.13. The van der Waals surface area contributed by atoms with E-state index in [0.29, 0.717) is 0 Å². The number of carbonyl (C=O) groups is 2. The summed E-state index contributed by atoms with van der Waals surface area (Å²) in [6.45, 7) is 5.84. The molecule has 6 nitrogen and oxygen atoms in total. The zero-order chi connectivity index (χ0) is 13.5. The molecule has 100 valence electrons. The Morgan fingerprint density at radius 1 is 1.39 bits per heavy atom. The third kappa shape index (κ3) is 3.58. The Morgan fingerprint density at radius 2 is 2.06 bits per heavy atom. The van der Waals surface area contributed by atoms with Gasteiger partial charge < -0.3 is 9.15 Å². The molecule has 6 heteroatoms. The van der Waals surface area contributed by atoms with E-state index in [4.69, 9.17) is 9.15 Å². The molecule has 0 aliphatic heterocycles. The average molecular weight is 254 g/mol. The van der Waals surface area contributed by atoms with Crippen molar-refractivity contribution in [1.29, 1.82) is 0 Å². The zero-order valence-corrected chi connectivity index (χ0v) is 10.9. The van der Waals surface area contributed by atoms with E-state index < -0.39 is 5.97 Å². The second kappa shape index (κ2) is 6.78. The lowest BCUT2D eigenvalue weighted by Crippen LogP contribution is -2.21. The van der Waals surface area contributed by atoms with Crippen molar-refractivity contribution in [2.24, 2.45) is 5.92 Å². The first-order valence-corrected chi connectivity index (χ1v) is 6.05. The highest BCUT2D eigenvalue weighted by molar-refractivity contribution is 5.92. The number of anilines is 1. The average Bonchev–Trinajstić information content (AvgIpc) is 2.79. The van der Waals surface area contributed by atoms with E-state index in [1.54, 1.807) is 6.92 Å². The van der Waals surface area contributed by atoms with Gasteiger partial charge in [-0.1, -0.05) is 13.8 Å². The Kier molecular flexibility index (Phi) is 5.35. The van der Waals surface area contributed by atoms with Crippen molar-refractivity contribution in [2.45, 2.75) is 33.6 Å². The molecule has 0 fully saturated rings. The van der Waals surface area contributed by atoms with Crippen LogP contribution in [0.25, 0.3) is 0 Å². The normalized spacial score (nSPS) is 10.4. The molecule has 1 aromatic rings.